The zero-order chi connectivity index (χ0) is 18.9. The quantitative estimate of drug-likeness (QED) is 0.325. The van der Waals surface area contributed by atoms with Crippen molar-refractivity contribution in [3.05, 3.63) is 23.9 Å². The van der Waals surface area contributed by atoms with Gasteiger partial charge in [-0.3, -0.25) is 4.99 Å². The Balaban J connectivity index is 0.00000280. The number of nitrogens with zero attached hydrogens (tertiary/aromatic N) is 3. The first-order valence-corrected chi connectivity index (χ1v) is 10.5. The van der Waals surface area contributed by atoms with Crippen LogP contribution in [0.1, 0.15) is 51.0 Å². The second kappa shape index (κ2) is 12.5. The summed E-state index contributed by atoms with van der Waals surface area (Å²) in [4.78, 5) is 11.4. The molecule has 1 atom stereocenters. The molecule has 0 bridgehead atoms. The van der Waals surface area contributed by atoms with E-state index in [1.807, 2.05) is 19.3 Å². The van der Waals surface area contributed by atoms with E-state index in [2.05, 4.69) is 38.5 Å². The molecule has 2 heterocycles. The number of hydrogen-bond donors (Lipinski definition) is 2. The van der Waals surface area contributed by atoms with Crippen molar-refractivity contribution in [2.75, 3.05) is 33.3 Å². The molecular formula is C21H36IN5O. The minimum atomic E-state index is 0. The van der Waals surface area contributed by atoms with E-state index in [0.29, 0.717) is 25.1 Å². The maximum Gasteiger partial charge on any atom is 0.213 e. The predicted octanol–water partition coefficient (Wildman–Crippen LogP) is 3.42. The third-order valence-electron chi connectivity index (χ3n) is 5.54. The van der Waals surface area contributed by atoms with E-state index in [-0.39, 0.29) is 24.0 Å². The largest absolute Gasteiger partial charge is 0.478 e. The molecule has 28 heavy (non-hydrogen) atoms. The Kier molecular flexibility index (Phi) is 10.3. The second-order valence-electron chi connectivity index (χ2n) is 7.82. The van der Waals surface area contributed by atoms with Gasteiger partial charge in [-0.2, -0.15) is 0 Å². The van der Waals surface area contributed by atoms with Crippen LogP contribution >= 0.6 is 24.0 Å². The van der Waals surface area contributed by atoms with Gasteiger partial charge in [-0.05, 0) is 37.2 Å². The van der Waals surface area contributed by atoms with Crippen molar-refractivity contribution < 1.29 is 4.74 Å². The molecule has 1 aromatic heterocycles. The number of likely N-dealkylation sites (tertiary alicyclic amines) is 1. The van der Waals surface area contributed by atoms with Crippen LogP contribution in [0.15, 0.2) is 23.3 Å². The summed E-state index contributed by atoms with van der Waals surface area (Å²) in [5.74, 6) is 2.49. The van der Waals surface area contributed by atoms with Crippen LogP contribution in [0.4, 0.5) is 0 Å². The predicted molar refractivity (Wildman–Crippen MR) is 126 cm³/mol. The zero-order valence-corrected chi connectivity index (χ0v) is 19.7. The number of pyridine rings is 1. The third kappa shape index (κ3) is 7.39. The highest BCUT2D eigenvalue weighted by atomic mass is 127. The van der Waals surface area contributed by atoms with E-state index in [9.17, 15) is 0 Å². The molecular weight excluding hydrogens is 465 g/mol. The summed E-state index contributed by atoms with van der Waals surface area (Å²) in [5, 5.41) is 6.98. The monoisotopic (exact) mass is 501 g/mol. The average molecular weight is 501 g/mol. The summed E-state index contributed by atoms with van der Waals surface area (Å²) in [6.07, 6.45) is 9.76. The van der Waals surface area contributed by atoms with Gasteiger partial charge in [-0.25, -0.2) is 4.98 Å². The van der Waals surface area contributed by atoms with Crippen LogP contribution < -0.4 is 15.4 Å². The van der Waals surface area contributed by atoms with Gasteiger partial charge in [0.1, 0.15) is 0 Å². The first kappa shape index (κ1) is 23.2. The maximum absolute atomic E-state index is 5.53. The zero-order valence-electron chi connectivity index (χ0n) is 17.3. The fourth-order valence-corrected chi connectivity index (χ4v) is 4.06. The van der Waals surface area contributed by atoms with Gasteiger partial charge >= 0.3 is 0 Å². The second-order valence-corrected chi connectivity index (χ2v) is 7.82. The molecule has 3 rings (SSSR count). The van der Waals surface area contributed by atoms with Crippen molar-refractivity contribution in [3.8, 4) is 5.88 Å². The molecule has 1 saturated heterocycles. The molecule has 1 aromatic rings. The Hall–Kier alpha value is -1.09. The van der Waals surface area contributed by atoms with Gasteiger partial charge in [0.15, 0.2) is 5.96 Å². The summed E-state index contributed by atoms with van der Waals surface area (Å²) < 4.78 is 5.53. The average Bonchev–Trinajstić information content (AvgIpc) is 3.36. The van der Waals surface area contributed by atoms with Crippen LogP contribution in [0, 0.1) is 5.92 Å². The standard InChI is InChI=1S/C21H35N5O.HI/c1-3-12-27-20-9-8-18(13-23-20)14-24-21(22-2)25-19-10-11-26(16-19)15-17-6-4-5-7-17;/h8-9,13,17,19H,3-7,10-12,14-16H2,1-2H3,(H2,22,24,25);1H. The number of ether oxygens (including phenoxy) is 1. The van der Waals surface area contributed by atoms with Gasteiger partial charge in [0.25, 0.3) is 0 Å². The Morgan fingerprint density at radius 3 is 2.79 bits per heavy atom. The van der Waals surface area contributed by atoms with Crippen molar-refractivity contribution >= 4 is 29.9 Å². The van der Waals surface area contributed by atoms with Crippen LogP contribution in [0.2, 0.25) is 0 Å². The summed E-state index contributed by atoms with van der Waals surface area (Å²) in [6, 6.07) is 4.47. The highest BCUT2D eigenvalue weighted by Gasteiger charge is 2.26. The summed E-state index contributed by atoms with van der Waals surface area (Å²) in [7, 11) is 1.83. The Morgan fingerprint density at radius 2 is 2.11 bits per heavy atom. The molecule has 2 fully saturated rings. The Labute approximate surface area is 186 Å². The summed E-state index contributed by atoms with van der Waals surface area (Å²) in [6.45, 7) is 7.12. The number of nitrogens with one attached hydrogen (secondary N) is 2. The number of rotatable bonds is 8. The lowest BCUT2D eigenvalue weighted by molar-refractivity contribution is 0.275. The smallest absolute Gasteiger partial charge is 0.213 e. The molecule has 0 spiro atoms. The molecule has 1 aliphatic carbocycles. The van der Waals surface area contributed by atoms with E-state index in [1.165, 1.54) is 45.2 Å². The van der Waals surface area contributed by atoms with Crippen LogP contribution in [0.3, 0.4) is 0 Å². The normalized spacial score (nSPS) is 20.8. The van der Waals surface area contributed by atoms with Gasteiger partial charge in [0, 0.05) is 51.5 Å². The number of aromatic nitrogens is 1. The maximum atomic E-state index is 5.53. The van der Waals surface area contributed by atoms with Gasteiger partial charge < -0.3 is 20.3 Å². The van der Waals surface area contributed by atoms with Gasteiger partial charge in [-0.15, -0.1) is 24.0 Å². The Bertz CT molecular complexity index is 589. The highest BCUT2D eigenvalue weighted by molar-refractivity contribution is 14.0. The lowest BCUT2D eigenvalue weighted by Gasteiger charge is -2.21. The molecule has 6 nitrogen and oxygen atoms in total. The van der Waals surface area contributed by atoms with E-state index in [4.69, 9.17) is 4.74 Å². The molecule has 1 unspecified atom stereocenters. The minimum Gasteiger partial charge on any atom is -0.478 e. The molecule has 158 valence electrons. The first-order valence-electron chi connectivity index (χ1n) is 10.5. The van der Waals surface area contributed by atoms with Crippen molar-refractivity contribution in [2.45, 2.75) is 58.0 Å². The third-order valence-corrected chi connectivity index (χ3v) is 5.54. The van der Waals surface area contributed by atoms with Gasteiger partial charge in [0.2, 0.25) is 5.88 Å². The molecule has 0 aromatic carbocycles. The SMILES string of the molecule is CCCOc1ccc(CNC(=NC)NC2CCN(CC3CCCC3)C2)cn1.I. The van der Waals surface area contributed by atoms with E-state index < -0.39 is 0 Å². The lowest BCUT2D eigenvalue weighted by atomic mass is 10.1. The molecule has 1 saturated carbocycles. The Morgan fingerprint density at radius 1 is 1.29 bits per heavy atom. The summed E-state index contributed by atoms with van der Waals surface area (Å²) >= 11 is 0. The fourth-order valence-electron chi connectivity index (χ4n) is 4.06. The van der Waals surface area contributed by atoms with Crippen molar-refractivity contribution in [1.29, 1.82) is 0 Å². The number of aliphatic imine (C=N–C) groups is 1. The molecule has 1 aliphatic heterocycles. The van der Waals surface area contributed by atoms with Crippen LogP contribution in [-0.2, 0) is 6.54 Å². The lowest BCUT2D eigenvalue weighted by Crippen LogP contribution is -2.44. The fraction of sp³-hybridized carbons (Fsp3) is 0.714. The molecule has 7 heteroatoms. The number of halogens is 1. The van der Waals surface area contributed by atoms with Crippen LogP contribution in [0.5, 0.6) is 5.88 Å². The van der Waals surface area contributed by atoms with Crippen LogP contribution in [-0.4, -0.2) is 55.2 Å². The van der Waals surface area contributed by atoms with Crippen molar-refractivity contribution in [1.82, 2.24) is 20.5 Å². The van der Waals surface area contributed by atoms with Gasteiger partial charge in [0.05, 0.1) is 6.61 Å². The van der Waals surface area contributed by atoms with Crippen molar-refractivity contribution in [3.63, 3.8) is 0 Å². The van der Waals surface area contributed by atoms with E-state index in [1.54, 1.807) is 0 Å². The van der Waals surface area contributed by atoms with E-state index >= 15 is 0 Å². The molecule has 2 N–H and O–H groups in total. The van der Waals surface area contributed by atoms with Crippen molar-refractivity contribution in [2.24, 2.45) is 10.9 Å². The number of hydrogen-bond acceptors (Lipinski definition) is 4. The topological polar surface area (TPSA) is 61.8 Å². The first-order chi connectivity index (χ1) is 13.3. The summed E-state index contributed by atoms with van der Waals surface area (Å²) in [5.41, 5.74) is 1.12. The van der Waals surface area contributed by atoms with E-state index in [0.717, 1.165) is 30.4 Å². The van der Waals surface area contributed by atoms with Crippen LogP contribution in [0.25, 0.3) is 0 Å². The highest BCUT2D eigenvalue weighted by Crippen LogP contribution is 2.26. The van der Waals surface area contributed by atoms with Gasteiger partial charge in [-0.1, -0.05) is 25.8 Å². The minimum absolute atomic E-state index is 0. The molecule has 0 radical (unpaired) electrons. The molecule has 0 amide bonds. The molecule has 2 aliphatic rings. The number of guanidine groups is 1.